The van der Waals surface area contributed by atoms with Crippen molar-refractivity contribution in [2.75, 3.05) is 6.54 Å². The van der Waals surface area contributed by atoms with E-state index in [1.54, 1.807) is 12.1 Å². The number of rotatable bonds is 2. The predicted octanol–water partition coefficient (Wildman–Crippen LogP) is 3.12. The maximum absolute atomic E-state index is 13.0. The number of piperidine rings is 1. The van der Waals surface area contributed by atoms with Crippen LogP contribution in [0.25, 0.3) is 0 Å². The van der Waals surface area contributed by atoms with Crippen molar-refractivity contribution >= 4 is 18.3 Å². The van der Waals surface area contributed by atoms with Crippen molar-refractivity contribution in [1.29, 1.82) is 0 Å². The van der Waals surface area contributed by atoms with Gasteiger partial charge < -0.3 is 10.6 Å². The molecule has 0 bridgehead atoms. The Hall–Kier alpha value is -1.27. The first-order valence-corrected chi connectivity index (χ1v) is 6.60. The fourth-order valence-corrected chi connectivity index (χ4v) is 2.46. The van der Waals surface area contributed by atoms with Gasteiger partial charge in [-0.25, -0.2) is 0 Å². The molecule has 1 atom stereocenters. The van der Waals surface area contributed by atoms with Crippen molar-refractivity contribution in [2.45, 2.75) is 38.0 Å². The third kappa shape index (κ3) is 4.11. The van der Waals surface area contributed by atoms with Gasteiger partial charge in [0.15, 0.2) is 0 Å². The Morgan fingerprint density at radius 1 is 1.24 bits per heavy atom. The maximum Gasteiger partial charge on any atom is 0.408 e. The summed E-state index contributed by atoms with van der Waals surface area (Å²) < 4.78 is 38.9. The molecule has 7 heteroatoms. The van der Waals surface area contributed by atoms with E-state index in [1.807, 2.05) is 0 Å². The van der Waals surface area contributed by atoms with E-state index < -0.39 is 18.1 Å². The molecule has 2 N–H and O–H groups in total. The monoisotopic (exact) mass is 322 g/mol. The van der Waals surface area contributed by atoms with E-state index in [4.69, 9.17) is 5.73 Å². The number of nitrogens with two attached hydrogens (primary N) is 1. The highest BCUT2D eigenvalue weighted by molar-refractivity contribution is 5.94. The Bertz CT molecular complexity index is 476. The average Bonchev–Trinajstić information content (AvgIpc) is 2.46. The molecule has 0 radical (unpaired) electrons. The number of nitrogens with zero attached hydrogens (tertiary/aromatic N) is 1. The van der Waals surface area contributed by atoms with Crippen molar-refractivity contribution < 1.29 is 18.0 Å². The molecule has 0 aliphatic carbocycles. The zero-order valence-electron chi connectivity index (χ0n) is 11.4. The first-order chi connectivity index (χ1) is 9.43. The van der Waals surface area contributed by atoms with Crippen LogP contribution >= 0.6 is 12.4 Å². The zero-order chi connectivity index (χ0) is 14.8. The van der Waals surface area contributed by atoms with Gasteiger partial charge in [0.2, 0.25) is 0 Å². The second-order valence-corrected chi connectivity index (χ2v) is 4.95. The standard InChI is InChI=1S/C14H17F3N2O.ClH/c15-14(16,17)12-3-1-2-8-19(12)13(20)11-6-4-10(9-18)5-7-11;/h4-7,12H,1-3,8-9,18H2;1H. The number of hydrogen-bond acceptors (Lipinski definition) is 2. The molecule has 1 saturated heterocycles. The SMILES string of the molecule is Cl.NCc1ccc(C(=O)N2CCCCC2C(F)(F)F)cc1. The van der Waals surface area contributed by atoms with Gasteiger partial charge in [0.25, 0.3) is 5.91 Å². The highest BCUT2D eigenvalue weighted by atomic mass is 35.5. The van der Waals surface area contributed by atoms with Crippen LogP contribution in [0.2, 0.25) is 0 Å². The van der Waals surface area contributed by atoms with Crippen LogP contribution < -0.4 is 5.73 Å². The summed E-state index contributed by atoms with van der Waals surface area (Å²) in [5, 5.41) is 0. The summed E-state index contributed by atoms with van der Waals surface area (Å²) >= 11 is 0. The molecule has 2 rings (SSSR count). The molecule has 1 fully saturated rings. The van der Waals surface area contributed by atoms with Crippen molar-refractivity contribution in [3.63, 3.8) is 0 Å². The van der Waals surface area contributed by atoms with Gasteiger partial charge in [-0.15, -0.1) is 12.4 Å². The van der Waals surface area contributed by atoms with Gasteiger partial charge in [-0.05, 0) is 37.0 Å². The molecule has 1 aliphatic rings. The van der Waals surface area contributed by atoms with Crippen LogP contribution in [0.15, 0.2) is 24.3 Å². The number of alkyl halides is 3. The molecule has 21 heavy (non-hydrogen) atoms. The van der Waals surface area contributed by atoms with Crippen LogP contribution in [0.4, 0.5) is 13.2 Å². The number of hydrogen-bond donors (Lipinski definition) is 1. The van der Waals surface area contributed by atoms with Gasteiger partial charge in [0.05, 0.1) is 0 Å². The molecule has 1 aliphatic heterocycles. The third-order valence-electron chi connectivity index (χ3n) is 3.58. The van der Waals surface area contributed by atoms with Gasteiger partial charge in [-0.1, -0.05) is 12.1 Å². The molecular formula is C14H18ClF3N2O. The molecule has 1 heterocycles. The Morgan fingerprint density at radius 2 is 1.86 bits per heavy atom. The minimum Gasteiger partial charge on any atom is -0.327 e. The van der Waals surface area contributed by atoms with E-state index in [0.29, 0.717) is 19.4 Å². The number of carbonyl (C=O) groups is 1. The van der Waals surface area contributed by atoms with Crippen LogP contribution in [0.1, 0.15) is 35.2 Å². The minimum absolute atomic E-state index is 0. The average molecular weight is 323 g/mol. The molecule has 1 aromatic rings. The summed E-state index contributed by atoms with van der Waals surface area (Å²) in [4.78, 5) is 13.2. The smallest absolute Gasteiger partial charge is 0.327 e. The van der Waals surface area contributed by atoms with Crippen molar-refractivity contribution in [3.05, 3.63) is 35.4 Å². The van der Waals surface area contributed by atoms with Gasteiger partial charge in [-0.2, -0.15) is 13.2 Å². The predicted molar refractivity (Wildman–Crippen MR) is 76.3 cm³/mol. The van der Waals surface area contributed by atoms with E-state index >= 15 is 0 Å². The van der Waals surface area contributed by atoms with Gasteiger partial charge in [-0.3, -0.25) is 4.79 Å². The molecule has 0 spiro atoms. The number of halogens is 4. The first kappa shape index (κ1) is 17.8. The highest BCUT2D eigenvalue weighted by Gasteiger charge is 2.46. The van der Waals surface area contributed by atoms with Crippen LogP contribution in [-0.2, 0) is 6.54 Å². The minimum atomic E-state index is -4.37. The third-order valence-corrected chi connectivity index (χ3v) is 3.58. The molecule has 3 nitrogen and oxygen atoms in total. The number of amides is 1. The van der Waals surface area contributed by atoms with E-state index in [0.717, 1.165) is 10.5 Å². The fraction of sp³-hybridized carbons (Fsp3) is 0.500. The van der Waals surface area contributed by atoms with Gasteiger partial charge >= 0.3 is 6.18 Å². The highest BCUT2D eigenvalue weighted by Crippen LogP contribution is 2.32. The van der Waals surface area contributed by atoms with E-state index in [1.165, 1.54) is 12.1 Å². The fourth-order valence-electron chi connectivity index (χ4n) is 2.46. The molecule has 118 valence electrons. The lowest BCUT2D eigenvalue weighted by Gasteiger charge is -2.36. The number of likely N-dealkylation sites (tertiary alicyclic amines) is 1. The van der Waals surface area contributed by atoms with Crippen molar-refractivity contribution in [3.8, 4) is 0 Å². The van der Waals surface area contributed by atoms with Crippen LogP contribution in [0.5, 0.6) is 0 Å². The first-order valence-electron chi connectivity index (χ1n) is 6.60. The Morgan fingerprint density at radius 3 is 2.38 bits per heavy atom. The number of carbonyl (C=O) groups excluding carboxylic acids is 1. The summed E-state index contributed by atoms with van der Waals surface area (Å²) in [6.45, 7) is 0.491. The normalized spacial score (nSPS) is 19.0. The van der Waals surface area contributed by atoms with E-state index in [9.17, 15) is 18.0 Å². The molecule has 1 unspecified atom stereocenters. The lowest BCUT2D eigenvalue weighted by Crippen LogP contribution is -2.51. The quantitative estimate of drug-likeness (QED) is 0.909. The lowest BCUT2D eigenvalue weighted by atomic mass is 10.00. The summed E-state index contributed by atoms with van der Waals surface area (Å²) in [5.41, 5.74) is 6.57. The summed E-state index contributed by atoms with van der Waals surface area (Å²) in [7, 11) is 0. The lowest BCUT2D eigenvalue weighted by molar-refractivity contribution is -0.183. The van der Waals surface area contributed by atoms with E-state index in [2.05, 4.69) is 0 Å². The van der Waals surface area contributed by atoms with Crippen molar-refractivity contribution in [1.82, 2.24) is 4.90 Å². The Labute approximate surface area is 127 Å². The summed E-state index contributed by atoms with van der Waals surface area (Å²) in [6, 6.07) is 4.73. The summed E-state index contributed by atoms with van der Waals surface area (Å²) in [6.07, 6.45) is -3.28. The number of benzene rings is 1. The molecule has 0 saturated carbocycles. The topological polar surface area (TPSA) is 46.3 Å². The van der Waals surface area contributed by atoms with E-state index in [-0.39, 0.29) is 30.9 Å². The zero-order valence-corrected chi connectivity index (χ0v) is 12.2. The molecular weight excluding hydrogens is 305 g/mol. The summed E-state index contributed by atoms with van der Waals surface area (Å²) in [5.74, 6) is -0.560. The molecule has 0 aromatic heterocycles. The van der Waals surface area contributed by atoms with Crippen molar-refractivity contribution in [2.24, 2.45) is 5.73 Å². The van der Waals surface area contributed by atoms with Crippen LogP contribution in [-0.4, -0.2) is 29.6 Å². The molecule has 1 aromatic carbocycles. The van der Waals surface area contributed by atoms with Gasteiger partial charge in [0.1, 0.15) is 6.04 Å². The van der Waals surface area contributed by atoms with Gasteiger partial charge in [0, 0.05) is 18.7 Å². The largest absolute Gasteiger partial charge is 0.408 e. The Kier molecular flexibility index (Phi) is 6.04. The second kappa shape index (κ2) is 7.13. The van der Waals surface area contributed by atoms with Crippen LogP contribution in [0, 0.1) is 0 Å². The van der Waals surface area contributed by atoms with Crippen LogP contribution in [0.3, 0.4) is 0 Å². The maximum atomic E-state index is 13.0. The second-order valence-electron chi connectivity index (χ2n) is 4.95. The Balaban J connectivity index is 0.00000220. The molecule has 1 amide bonds.